The fraction of sp³-hybridized carbons (Fsp3) is 0.200. The molecule has 1 amide bonds. The molecule has 28 heavy (non-hydrogen) atoms. The Morgan fingerprint density at radius 3 is 2.89 bits per heavy atom. The van der Waals surface area contributed by atoms with Gasteiger partial charge in [-0.15, -0.1) is 10.2 Å². The van der Waals surface area contributed by atoms with Crippen LogP contribution in [0.1, 0.15) is 23.9 Å². The third-order valence-corrected chi connectivity index (χ3v) is 4.64. The summed E-state index contributed by atoms with van der Waals surface area (Å²) in [5, 5.41) is 19.4. The summed E-state index contributed by atoms with van der Waals surface area (Å²) in [4.78, 5) is 12.3. The lowest BCUT2D eigenvalue weighted by Gasteiger charge is -2.10. The predicted molar refractivity (Wildman–Crippen MR) is 105 cm³/mol. The first-order valence-corrected chi connectivity index (χ1v) is 9.41. The lowest BCUT2D eigenvalue weighted by molar-refractivity contribution is -0.115. The largest absolute Gasteiger partial charge is 0.484 e. The number of nitriles is 1. The van der Waals surface area contributed by atoms with E-state index in [1.54, 1.807) is 31.2 Å². The van der Waals surface area contributed by atoms with Crippen LogP contribution in [0.15, 0.2) is 58.2 Å². The van der Waals surface area contributed by atoms with Gasteiger partial charge in [0.2, 0.25) is 5.91 Å². The van der Waals surface area contributed by atoms with Crippen molar-refractivity contribution in [3.63, 3.8) is 0 Å². The molecule has 3 rings (SSSR count). The Balaban J connectivity index is 1.53. The minimum atomic E-state index is -0.461. The average molecular weight is 394 g/mol. The fourth-order valence-electron chi connectivity index (χ4n) is 2.31. The number of benzene rings is 2. The number of thioether (sulfide) groups is 1. The second-order valence-electron chi connectivity index (χ2n) is 6.01. The molecule has 1 N–H and O–H groups in total. The molecule has 1 atom stereocenters. The Bertz CT molecular complexity index is 1010. The zero-order valence-corrected chi connectivity index (χ0v) is 16.2. The van der Waals surface area contributed by atoms with Crippen molar-refractivity contribution in [2.24, 2.45) is 0 Å². The van der Waals surface area contributed by atoms with Gasteiger partial charge < -0.3 is 14.5 Å². The average Bonchev–Trinajstić information content (AvgIpc) is 3.14. The molecule has 1 aromatic heterocycles. The van der Waals surface area contributed by atoms with Crippen LogP contribution in [0.5, 0.6) is 5.75 Å². The first-order valence-electron chi connectivity index (χ1n) is 8.53. The van der Waals surface area contributed by atoms with Crippen molar-refractivity contribution >= 4 is 23.4 Å². The Labute approximate surface area is 166 Å². The normalized spacial score (nSPS) is 11.5. The Morgan fingerprint density at radius 2 is 2.11 bits per heavy atom. The van der Waals surface area contributed by atoms with E-state index in [-0.39, 0.29) is 17.7 Å². The van der Waals surface area contributed by atoms with Gasteiger partial charge in [-0.3, -0.25) is 4.79 Å². The quantitative estimate of drug-likeness (QED) is 0.606. The zero-order chi connectivity index (χ0) is 19.9. The number of carbonyl (C=O) groups is 1. The van der Waals surface area contributed by atoms with Crippen molar-refractivity contribution in [3.8, 4) is 11.8 Å². The van der Waals surface area contributed by atoms with Crippen LogP contribution in [-0.4, -0.2) is 21.4 Å². The van der Waals surface area contributed by atoms with Crippen LogP contribution in [0.25, 0.3) is 0 Å². The third-order valence-electron chi connectivity index (χ3n) is 3.71. The summed E-state index contributed by atoms with van der Waals surface area (Å²) >= 11 is 1.15. The topological polar surface area (TPSA) is 101 Å². The van der Waals surface area contributed by atoms with Crippen LogP contribution >= 0.6 is 11.8 Å². The van der Waals surface area contributed by atoms with E-state index in [1.165, 1.54) is 0 Å². The Morgan fingerprint density at radius 1 is 1.29 bits per heavy atom. The summed E-state index contributed by atoms with van der Waals surface area (Å²) in [6.45, 7) is 3.87. The van der Waals surface area contributed by atoms with Crippen LogP contribution in [0, 0.1) is 18.3 Å². The van der Waals surface area contributed by atoms with Gasteiger partial charge in [0.05, 0.1) is 16.9 Å². The summed E-state index contributed by atoms with van der Waals surface area (Å²) in [7, 11) is 0. The first-order chi connectivity index (χ1) is 13.5. The highest BCUT2D eigenvalue weighted by Crippen LogP contribution is 2.24. The van der Waals surface area contributed by atoms with E-state index in [0.717, 1.165) is 23.1 Å². The lowest BCUT2D eigenvalue weighted by atomic mass is 10.2. The number of ether oxygens (including phenoxy) is 1. The highest BCUT2D eigenvalue weighted by atomic mass is 32.2. The Hall–Kier alpha value is -3.31. The van der Waals surface area contributed by atoms with Gasteiger partial charge in [0.15, 0.2) is 6.61 Å². The van der Waals surface area contributed by atoms with Gasteiger partial charge in [0.1, 0.15) is 5.75 Å². The van der Waals surface area contributed by atoms with E-state index in [1.807, 2.05) is 37.3 Å². The fourth-order valence-corrected chi connectivity index (χ4v) is 3.01. The molecular weight excluding hydrogens is 376 g/mol. The molecule has 3 aromatic rings. The SMILES string of the molecule is Cc1cccc(OCc2nnc(S[C@H](C)C(=O)Nc3cccc(C#N)c3)o2)c1. The van der Waals surface area contributed by atoms with E-state index >= 15 is 0 Å². The lowest BCUT2D eigenvalue weighted by Crippen LogP contribution is -2.22. The molecule has 2 aromatic carbocycles. The molecule has 0 saturated heterocycles. The number of anilines is 1. The number of amides is 1. The van der Waals surface area contributed by atoms with E-state index in [0.29, 0.717) is 17.1 Å². The van der Waals surface area contributed by atoms with Crippen LogP contribution in [-0.2, 0) is 11.4 Å². The van der Waals surface area contributed by atoms with Gasteiger partial charge >= 0.3 is 0 Å². The summed E-state index contributed by atoms with van der Waals surface area (Å²) < 4.78 is 11.2. The number of aromatic nitrogens is 2. The van der Waals surface area contributed by atoms with Gasteiger partial charge in [0.25, 0.3) is 11.1 Å². The number of rotatable bonds is 7. The molecule has 0 aliphatic carbocycles. The molecule has 142 valence electrons. The molecule has 0 saturated carbocycles. The molecule has 7 nitrogen and oxygen atoms in total. The van der Waals surface area contributed by atoms with E-state index < -0.39 is 5.25 Å². The van der Waals surface area contributed by atoms with Crippen molar-refractivity contribution in [2.45, 2.75) is 30.9 Å². The highest BCUT2D eigenvalue weighted by Gasteiger charge is 2.19. The van der Waals surface area contributed by atoms with Gasteiger partial charge in [-0.05, 0) is 49.7 Å². The molecule has 0 fully saturated rings. The van der Waals surface area contributed by atoms with Crippen molar-refractivity contribution in [2.75, 3.05) is 5.32 Å². The highest BCUT2D eigenvalue weighted by molar-refractivity contribution is 8.00. The number of hydrogen-bond acceptors (Lipinski definition) is 7. The van der Waals surface area contributed by atoms with Gasteiger partial charge in [0, 0.05) is 5.69 Å². The van der Waals surface area contributed by atoms with Crippen LogP contribution in [0.2, 0.25) is 0 Å². The summed E-state index contributed by atoms with van der Waals surface area (Å²) in [6.07, 6.45) is 0. The molecule has 0 bridgehead atoms. The summed E-state index contributed by atoms with van der Waals surface area (Å²) in [5.74, 6) is 0.828. The molecular formula is C20H18N4O3S. The summed E-state index contributed by atoms with van der Waals surface area (Å²) in [5.41, 5.74) is 2.14. The second kappa shape index (κ2) is 9.06. The van der Waals surface area contributed by atoms with Crippen LogP contribution in [0.4, 0.5) is 5.69 Å². The maximum absolute atomic E-state index is 12.3. The standard InChI is InChI=1S/C20H18N4O3S/c1-13-5-3-8-17(9-13)26-12-18-23-24-20(27-18)28-14(2)19(25)22-16-7-4-6-15(10-16)11-21/h3-10,14H,12H2,1-2H3,(H,22,25)/t14-/m1/s1. The zero-order valence-electron chi connectivity index (χ0n) is 15.4. The molecule has 8 heteroatoms. The van der Waals surface area contributed by atoms with Crippen LogP contribution in [0.3, 0.4) is 0 Å². The summed E-state index contributed by atoms with van der Waals surface area (Å²) in [6, 6.07) is 16.4. The number of aryl methyl sites for hydroxylation is 1. The van der Waals surface area contributed by atoms with Crippen molar-refractivity contribution < 1.29 is 13.9 Å². The molecule has 1 heterocycles. The number of nitrogens with one attached hydrogen (secondary N) is 1. The van der Waals surface area contributed by atoms with Crippen molar-refractivity contribution in [1.82, 2.24) is 10.2 Å². The predicted octanol–water partition coefficient (Wildman–Crippen LogP) is 3.95. The first kappa shape index (κ1) is 19.5. The maximum Gasteiger partial charge on any atom is 0.277 e. The molecule has 0 radical (unpaired) electrons. The minimum Gasteiger partial charge on any atom is -0.484 e. The minimum absolute atomic E-state index is 0.151. The van der Waals surface area contributed by atoms with E-state index in [4.69, 9.17) is 14.4 Å². The van der Waals surface area contributed by atoms with Crippen LogP contribution < -0.4 is 10.1 Å². The smallest absolute Gasteiger partial charge is 0.277 e. The second-order valence-corrected chi connectivity index (χ2v) is 7.30. The number of hydrogen-bond donors (Lipinski definition) is 1. The number of carbonyl (C=O) groups excluding carboxylic acids is 1. The maximum atomic E-state index is 12.3. The van der Waals surface area contributed by atoms with Gasteiger partial charge in [-0.25, -0.2) is 0 Å². The number of nitrogens with zero attached hydrogens (tertiary/aromatic N) is 3. The molecule has 0 aliphatic heterocycles. The molecule has 0 aliphatic rings. The molecule has 0 spiro atoms. The molecule has 0 unspecified atom stereocenters. The van der Waals surface area contributed by atoms with Crippen molar-refractivity contribution in [1.29, 1.82) is 5.26 Å². The third kappa shape index (κ3) is 5.34. The van der Waals surface area contributed by atoms with E-state index in [9.17, 15) is 4.79 Å². The monoisotopic (exact) mass is 394 g/mol. The van der Waals surface area contributed by atoms with Crippen molar-refractivity contribution in [3.05, 3.63) is 65.5 Å². The van der Waals surface area contributed by atoms with Gasteiger partial charge in [-0.1, -0.05) is 30.0 Å². The van der Waals surface area contributed by atoms with Gasteiger partial charge in [-0.2, -0.15) is 5.26 Å². The Kier molecular flexibility index (Phi) is 6.29. The van der Waals surface area contributed by atoms with E-state index in [2.05, 4.69) is 15.5 Å².